The molecule has 0 heterocycles. The molecule has 2 rings (SSSR count). The molecular formula is C18H14Cl4F3N3OS. The minimum atomic E-state index is -4.57. The smallest absolute Gasteiger partial charge is 0.339 e. The van der Waals surface area contributed by atoms with Gasteiger partial charge < -0.3 is 16.0 Å². The van der Waals surface area contributed by atoms with Crippen molar-refractivity contribution < 1.29 is 18.0 Å². The molecule has 0 spiro atoms. The van der Waals surface area contributed by atoms with Crippen molar-refractivity contribution in [1.29, 1.82) is 0 Å². The molecule has 1 atom stereocenters. The first-order valence-electron chi connectivity index (χ1n) is 8.16. The Morgan fingerprint density at radius 3 is 2.27 bits per heavy atom. The number of benzene rings is 2. The van der Waals surface area contributed by atoms with Gasteiger partial charge in [-0.05, 0) is 49.0 Å². The van der Waals surface area contributed by atoms with E-state index in [0.717, 1.165) is 18.2 Å². The van der Waals surface area contributed by atoms with Crippen LogP contribution in [0.4, 0.5) is 18.9 Å². The topological polar surface area (TPSA) is 53.2 Å². The summed E-state index contributed by atoms with van der Waals surface area (Å²) in [5, 5.41) is 7.33. The van der Waals surface area contributed by atoms with E-state index in [1.165, 1.54) is 0 Å². The Morgan fingerprint density at radius 1 is 1.07 bits per heavy atom. The lowest BCUT2D eigenvalue weighted by Crippen LogP contribution is -2.56. The van der Waals surface area contributed by atoms with E-state index in [1.54, 1.807) is 31.2 Å². The van der Waals surface area contributed by atoms with Crippen LogP contribution in [0.15, 0.2) is 42.5 Å². The molecule has 12 heteroatoms. The van der Waals surface area contributed by atoms with Crippen molar-refractivity contribution in [1.82, 2.24) is 10.6 Å². The van der Waals surface area contributed by atoms with E-state index in [4.69, 9.17) is 58.6 Å². The third-order valence-electron chi connectivity index (χ3n) is 3.81. The Balaban J connectivity index is 2.17. The SMILES string of the molecule is Cc1ccccc1C(=O)NC(NC(=S)Nc1cc(C(F)(F)F)ccc1Cl)C(Cl)(Cl)Cl. The predicted octanol–water partition coefficient (Wildman–Crippen LogP) is 6.08. The molecule has 2 aromatic carbocycles. The van der Waals surface area contributed by atoms with Gasteiger partial charge in [0.2, 0.25) is 3.79 Å². The second-order valence-electron chi connectivity index (χ2n) is 6.05. The monoisotopic (exact) mass is 517 g/mol. The van der Waals surface area contributed by atoms with E-state index in [-0.39, 0.29) is 15.8 Å². The standard InChI is InChI=1S/C18H14Cl4F3N3OS/c1-9-4-2-3-5-11(9)14(29)27-15(17(20,21)22)28-16(30)26-13-8-10(18(23,24)25)6-7-12(13)19/h2-8,15H,1H3,(H,27,29)(H2,26,28,30). The largest absolute Gasteiger partial charge is 0.416 e. The van der Waals surface area contributed by atoms with Crippen LogP contribution in [0, 0.1) is 6.92 Å². The van der Waals surface area contributed by atoms with Gasteiger partial charge in [0.15, 0.2) is 5.11 Å². The number of carbonyl (C=O) groups is 1. The molecule has 0 aliphatic heterocycles. The molecule has 162 valence electrons. The maximum Gasteiger partial charge on any atom is 0.416 e. The first-order valence-corrected chi connectivity index (χ1v) is 10.1. The van der Waals surface area contributed by atoms with Gasteiger partial charge in [-0.15, -0.1) is 0 Å². The highest BCUT2D eigenvalue weighted by Gasteiger charge is 2.35. The zero-order valence-electron chi connectivity index (χ0n) is 15.1. The van der Waals surface area contributed by atoms with E-state index in [9.17, 15) is 18.0 Å². The van der Waals surface area contributed by atoms with Gasteiger partial charge >= 0.3 is 6.18 Å². The van der Waals surface area contributed by atoms with Crippen LogP contribution in [0.3, 0.4) is 0 Å². The van der Waals surface area contributed by atoms with Gasteiger partial charge in [-0.1, -0.05) is 64.6 Å². The molecule has 0 bridgehead atoms. The summed E-state index contributed by atoms with van der Waals surface area (Å²) in [6, 6.07) is 9.43. The van der Waals surface area contributed by atoms with Gasteiger partial charge in [0.25, 0.3) is 5.91 Å². The van der Waals surface area contributed by atoms with Crippen molar-refractivity contribution in [3.05, 3.63) is 64.2 Å². The van der Waals surface area contributed by atoms with Crippen LogP contribution in [0.5, 0.6) is 0 Å². The summed E-state index contributed by atoms with van der Waals surface area (Å²) in [6.07, 6.45) is -5.88. The average molecular weight is 519 g/mol. The third kappa shape index (κ3) is 6.78. The fraction of sp³-hybridized carbons (Fsp3) is 0.222. The van der Waals surface area contributed by atoms with Gasteiger partial charge in [-0.3, -0.25) is 4.79 Å². The minimum absolute atomic E-state index is 0.0125. The van der Waals surface area contributed by atoms with Gasteiger partial charge in [0.05, 0.1) is 16.3 Å². The van der Waals surface area contributed by atoms with Crippen molar-refractivity contribution in [2.75, 3.05) is 5.32 Å². The van der Waals surface area contributed by atoms with Gasteiger partial charge in [0.1, 0.15) is 6.17 Å². The molecule has 0 saturated heterocycles. The lowest BCUT2D eigenvalue weighted by atomic mass is 10.1. The number of anilines is 1. The van der Waals surface area contributed by atoms with Crippen molar-refractivity contribution in [2.45, 2.75) is 23.1 Å². The number of rotatable bonds is 4. The normalized spacial score (nSPS) is 12.8. The Hall–Kier alpha value is -1.45. The molecule has 1 amide bonds. The van der Waals surface area contributed by atoms with E-state index in [0.29, 0.717) is 11.1 Å². The van der Waals surface area contributed by atoms with Crippen LogP contribution in [-0.4, -0.2) is 21.0 Å². The van der Waals surface area contributed by atoms with Crippen LogP contribution in [0.1, 0.15) is 21.5 Å². The van der Waals surface area contributed by atoms with Crippen LogP contribution >= 0.6 is 58.6 Å². The molecule has 0 aliphatic rings. The Labute approximate surface area is 196 Å². The number of carbonyl (C=O) groups excluding carboxylic acids is 1. The number of amides is 1. The number of halogens is 7. The molecule has 0 fully saturated rings. The number of nitrogens with one attached hydrogen (secondary N) is 3. The number of hydrogen-bond acceptors (Lipinski definition) is 2. The summed E-state index contributed by atoms with van der Waals surface area (Å²) in [7, 11) is 0. The van der Waals surface area contributed by atoms with Gasteiger partial charge in [-0.2, -0.15) is 13.2 Å². The minimum Gasteiger partial charge on any atom is -0.339 e. The van der Waals surface area contributed by atoms with E-state index in [1.807, 2.05) is 0 Å². The predicted molar refractivity (Wildman–Crippen MR) is 119 cm³/mol. The van der Waals surface area contributed by atoms with E-state index < -0.39 is 27.6 Å². The molecule has 4 nitrogen and oxygen atoms in total. The van der Waals surface area contributed by atoms with Gasteiger partial charge in [0, 0.05) is 5.56 Å². The van der Waals surface area contributed by atoms with Gasteiger partial charge in [-0.25, -0.2) is 0 Å². The zero-order chi connectivity index (χ0) is 22.7. The number of aryl methyl sites for hydroxylation is 1. The summed E-state index contributed by atoms with van der Waals surface area (Å²) < 4.78 is 36.7. The highest BCUT2D eigenvalue weighted by Crippen LogP contribution is 2.34. The molecule has 2 aromatic rings. The second kappa shape index (κ2) is 9.78. The Kier molecular flexibility index (Phi) is 8.09. The highest BCUT2D eigenvalue weighted by molar-refractivity contribution is 7.80. The third-order valence-corrected chi connectivity index (χ3v) is 5.01. The summed E-state index contributed by atoms with van der Waals surface area (Å²) >= 11 is 28.8. The lowest BCUT2D eigenvalue weighted by Gasteiger charge is -2.28. The van der Waals surface area contributed by atoms with Crippen LogP contribution in [-0.2, 0) is 6.18 Å². The molecular weight excluding hydrogens is 505 g/mol. The van der Waals surface area contributed by atoms with E-state index >= 15 is 0 Å². The maximum absolute atomic E-state index is 12.9. The molecule has 3 N–H and O–H groups in total. The van der Waals surface area contributed by atoms with Crippen LogP contribution < -0.4 is 16.0 Å². The molecule has 1 unspecified atom stereocenters. The summed E-state index contributed by atoms with van der Waals surface area (Å²) in [6.45, 7) is 1.73. The van der Waals surface area contributed by atoms with Crippen molar-refractivity contribution in [3.8, 4) is 0 Å². The summed E-state index contributed by atoms with van der Waals surface area (Å²) in [5.41, 5.74) is -0.00635. The molecule has 0 saturated carbocycles. The summed E-state index contributed by atoms with van der Waals surface area (Å²) in [4.78, 5) is 12.5. The summed E-state index contributed by atoms with van der Waals surface area (Å²) in [5.74, 6) is -0.545. The average Bonchev–Trinajstić information content (AvgIpc) is 2.61. The quantitative estimate of drug-likeness (QED) is 0.261. The van der Waals surface area contributed by atoms with Crippen LogP contribution in [0.25, 0.3) is 0 Å². The van der Waals surface area contributed by atoms with Crippen molar-refractivity contribution in [3.63, 3.8) is 0 Å². The lowest BCUT2D eigenvalue weighted by molar-refractivity contribution is -0.137. The van der Waals surface area contributed by atoms with Crippen LogP contribution in [0.2, 0.25) is 5.02 Å². The van der Waals surface area contributed by atoms with Crippen molar-refractivity contribution in [2.24, 2.45) is 0 Å². The number of hydrogen-bond donors (Lipinski definition) is 3. The maximum atomic E-state index is 12.9. The van der Waals surface area contributed by atoms with Crippen molar-refractivity contribution >= 4 is 75.3 Å². The fourth-order valence-electron chi connectivity index (χ4n) is 2.32. The highest BCUT2D eigenvalue weighted by atomic mass is 35.6. The number of thiocarbonyl (C=S) groups is 1. The number of alkyl halides is 6. The first-order chi connectivity index (χ1) is 13.8. The Morgan fingerprint density at radius 2 is 1.70 bits per heavy atom. The zero-order valence-corrected chi connectivity index (χ0v) is 18.9. The molecule has 0 aliphatic carbocycles. The second-order valence-corrected chi connectivity index (χ2v) is 9.24. The molecule has 30 heavy (non-hydrogen) atoms. The fourth-order valence-corrected chi connectivity index (χ4v) is 3.04. The van der Waals surface area contributed by atoms with E-state index in [2.05, 4.69) is 16.0 Å². The molecule has 0 radical (unpaired) electrons. The molecule has 0 aromatic heterocycles. The first kappa shape index (κ1) is 24.8. The Bertz CT molecular complexity index is 951.